The van der Waals surface area contributed by atoms with Gasteiger partial charge in [-0.1, -0.05) is 6.07 Å². The lowest BCUT2D eigenvalue weighted by atomic mass is 9.96. The van der Waals surface area contributed by atoms with Gasteiger partial charge in [0, 0.05) is 12.1 Å². The quantitative estimate of drug-likeness (QED) is 0.797. The minimum Gasteiger partial charge on any atom is -0.332 e. The predicted octanol–water partition coefficient (Wildman–Crippen LogP) is 1.37. The summed E-state index contributed by atoms with van der Waals surface area (Å²) in [5.74, 6) is 0.213. The summed E-state index contributed by atoms with van der Waals surface area (Å²) >= 11 is 0. The van der Waals surface area contributed by atoms with Gasteiger partial charge < -0.3 is 9.80 Å². The molecule has 0 aliphatic carbocycles. The third-order valence-electron chi connectivity index (χ3n) is 6.91. The highest BCUT2D eigenvalue weighted by atomic mass is 32.2. The predicted molar refractivity (Wildman–Crippen MR) is 114 cm³/mol. The Morgan fingerprint density at radius 1 is 1.07 bits per heavy atom. The summed E-state index contributed by atoms with van der Waals surface area (Å²) in [6, 6.07) is 5.77. The lowest BCUT2D eigenvalue weighted by Gasteiger charge is -2.42. The number of quaternary nitrogens is 1. The van der Waals surface area contributed by atoms with Crippen LogP contribution in [0.25, 0.3) is 0 Å². The van der Waals surface area contributed by atoms with Crippen LogP contribution in [0.5, 0.6) is 0 Å². The summed E-state index contributed by atoms with van der Waals surface area (Å²) in [6.45, 7) is 12.4. The zero-order valence-corrected chi connectivity index (χ0v) is 19.3. The first kappa shape index (κ1) is 22.2. The number of hydrogen-bond acceptors (Lipinski definition) is 3. The number of nitrogens with one attached hydrogen (secondary N) is 1. The molecule has 3 atom stereocenters. The van der Waals surface area contributed by atoms with Crippen molar-refractivity contribution in [3.05, 3.63) is 29.3 Å². The molecular formula is C22H36N3O3S+. The van der Waals surface area contributed by atoms with Crippen LogP contribution in [0.15, 0.2) is 23.1 Å². The standard InChI is InChI=1S/C22H35N3O3S/c1-16-9-10-21(15-17(16)2)29(27,28)24-13-11-23(12-14-24)20(5)22(26)25-18(3)7-6-8-19(25)4/h9-10,15,18-20H,6-8,11-14H2,1-5H3/p+1/t18-,19-,20-/m0/s1. The molecule has 29 heavy (non-hydrogen) atoms. The van der Waals surface area contributed by atoms with Crippen LogP contribution >= 0.6 is 0 Å². The van der Waals surface area contributed by atoms with E-state index in [-0.39, 0.29) is 11.9 Å². The van der Waals surface area contributed by atoms with E-state index in [1.165, 1.54) is 11.3 Å². The van der Waals surface area contributed by atoms with Crippen molar-refractivity contribution < 1.29 is 18.1 Å². The van der Waals surface area contributed by atoms with Crippen molar-refractivity contribution in [1.82, 2.24) is 9.21 Å². The Labute approximate surface area is 175 Å². The summed E-state index contributed by atoms with van der Waals surface area (Å²) in [4.78, 5) is 16.8. The summed E-state index contributed by atoms with van der Waals surface area (Å²) in [5, 5.41) is 0. The number of aryl methyl sites for hydroxylation is 2. The number of nitrogens with zero attached hydrogens (tertiary/aromatic N) is 2. The Bertz CT molecular complexity index is 837. The molecule has 0 aromatic heterocycles. The van der Waals surface area contributed by atoms with Crippen molar-refractivity contribution in [2.75, 3.05) is 26.2 Å². The minimum atomic E-state index is -3.48. The van der Waals surface area contributed by atoms with Crippen LogP contribution in [-0.2, 0) is 14.8 Å². The number of hydrogen-bond donors (Lipinski definition) is 1. The highest BCUT2D eigenvalue weighted by Gasteiger charge is 2.39. The zero-order valence-electron chi connectivity index (χ0n) is 18.4. The van der Waals surface area contributed by atoms with Crippen LogP contribution in [0.1, 0.15) is 51.2 Å². The van der Waals surface area contributed by atoms with Gasteiger partial charge in [-0.2, -0.15) is 4.31 Å². The molecule has 1 aromatic rings. The number of sulfonamides is 1. The SMILES string of the molecule is Cc1ccc(S(=O)(=O)N2CC[NH+]([C@@H](C)C(=O)N3[C@@H](C)CCC[C@@H]3C)CC2)cc1C. The van der Waals surface area contributed by atoms with Crippen molar-refractivity contribution in [2.45, 2.75) is 76.9 Å². The molecule has 162 valence electrons. The summed E-state index contributed by atoms with van der Waals surface area (Å²) in [7, 11) is -3.48. The van der Waals surface area contributed by atoms with Crippen molar-refractivity contribution in [3.8, 4) is 0 Å². The van der Waals surface area contributed by atoms with Gasteiger partial charge in [-0.3, -0.25) is 4.79 Å². The van der Waals surface area contributed by atoms with E-state index in [4.69, 9.17) is 0 Å². The molecule has 1 amide bonds. The van der Waals surface area contributed by atoms with Gasteiger partial charge >= 0.3 is 0 Å². The molecule has 7 heteroatoms. The number of piperazine rings is 1. The molecule has 0 unspecified atom stereocenters. The average molecular weight is 423 g/mol. The summed E-state index contributed by atoms with van der Waals surface area (Å²) in [5.41, 5.74) is 2.08. The number of amides is 1. The molecule has 2 saturated heterocycles. The Morgan fingerprint density at radius 2 is 1.66 bits per heavy atom. The molecule has 0 radical (unpaired) electrons. The first-order chi connectivity index (χ1) is 13.6. The van der Waals surface area contributed by atoms with Crippen LogP contribution < -0.4 is 4.90 Å². The van der Waals surface area contributed by atoms with E-state index in [1.807, 2.05) is 26.8 Å². The van der Waals surface area contributed by atoms with Gasteiger partial charge in [-0.15, -0.1) is 0 Å². The first-order valence-corrected chi connectivity index (χ1v) is 12.3. The van der Waals surface area contributed by atoms with Gasteiger partial charge in [0.05, 0.1) is 31.1 Å². The van der Waals surface area contributed by atoms with Crippen LogP contribution in [0.2, 0.25) is 0 Å². The second-order valence-electron chi connectivity index (χ2n) is 8.90. The Balaban J connectivity index is 1.65. The lowest BCUT2D eigenvalue weighted by molar-refractivity contribution is -0.918. The maximum absolute atomic E-state index is 13.2. The maximum atomic E-state index is 13.2. The van der Waals surface area contributed by atoms with Gasteiger partial charge in [-0.25, -0.2) is 8.42 Å². The van der Waals surface area contributed by atoms with E-state index in [9.17, 15) is 13.2 Å². The Morgan fingerprint density at radius 3 is 2.21 bits per heavy atom. The van der Waals surface area contributed by atoms with Crippen LogP contribution in [-0.4, -0.2) is 67.8 Å². The number of piperidine rings is 1. The lowest BCUT2D eigenvalue weighted by Crippen LogP contribution is -3.19. The molecule has 2 fully saturated rings. The van der Waals surface area contributed by atoms with E-state index in [1.54, 1.807) is 16.4 Å². The highest BCUT2D eigenvalue weighted by molar-refractivity contribution is 7.89. The number of carbonyl (C=O) groups excluding carboxylic acids is 1. The molecule has 1 aromatic carbocycles. The molecule has 2 aliphatic heterocycles. The average Bonchev–Trinajstić information content (AvgIpc) is 2.69. The van der Waals surface area contributed by atoms with Gasteiger partial charge in [0.15, 0.2) is 6.04 Å². The number of rotatable bonds is 4. The topological polar surface area (TPSA) is 62.1 Å². The third-order valence-corrected chi connectivity index (χ3v) is 8.81. The molecule has 0 spiro atoms. The molecular weight excluding hydrogens is 386 g/mol. The van der Waals surface area contributed by atoms with Crippen LogP contribution in [0, 0.1) is 13.8 Å². The van der Waals surface area contributed by atoms with Crippen molar-refractivity contribution in [1.29, 1.82) is 0 Å². The number of benzene rings is 1. The van der Waals surface area contributed by atoms with E-state index in [0.717, 1.165) is 24.0 Å². The van der Waals surface area contributed by atoms with E-state index in [0.29, 0.717) is 43.2 Å². The fourth-order valence-electron chi connectivity index (χ4n) is 4.72. The fraction of sp³-hybridized carbons (Fsp3) is 0.682. The van der Waals surface area contributed by atoms with Crippen LogP contribution in [0.3, 0.4) is 0 Å². The zero-order chi connectivity index (χ0) is 21.3. The monoisotopic (exact) mass is 422 g/mol. The van der Waals surface area contributed by atoms with E-state index in [2.05, 4.69) is 18.7 Å². The Hall–Kier alpha value is -1.44. The van der Waals surface area contributed by atoms with Gasteiger partial charge in [0.1, 0.15) is 0 Å². The molecule has 2 aliphatic rings. The number of carbonyl (C=O) groups is 1. The van der Waals surface area contributed by atoms with Crippen LogP contribution in [0.4, 0.5) is 0 Å². The molecule has 0 bridgehead atoms. The molecule has 3 rings (SSSR count). The fourth-order valence-corrected chi connectivity index (χ4v) is 6.25. The van der Waals surface area contributed by atoms with Gasteiger partial charge in [0.25, 0.3) is 5.91 Å². The van der Waals surface area contributed by atoms with E-state index < -0.39 is 10.0 Å². The molecule has 2 heterocycles. The molecule has 0 saturated carbocycles. The first-order valence-electron chi connectivity index (χ1n) is 10.9. The maximum Gasteiger partial charge on any atom is 0.281 e. The minimum absolute atomic E-state index is 0.135. The smallest absolute Gasteiger partial charge is 0.281 e. The molecule has 6 nitrogen and oxygen atoms in total. The number of likely N-dealkylation sites (tertiary alicyclic amines) is 1. The summed E-state index contributed by atoms with van der Waals surface area (Å²) < 4.78 is 27.6. The third kappa shape index (κ3) is 4.52. The van der Waals surface area contributed by atoms with Crippen molar-refractivity contribution in [2.24, 2.45) is 0 Å². The van der Waals surface area contributed by atoms with Crippen molar-refractivity contribution in [3.63, 3.8) is 0 Å². The Kier molecular flexibility index (Phi) is 6.70. The van der Waals surface area contributed by atoms with E-state index >= 15 is 0 Å². The highest BCUT2D eigenvalue weighted by Crippen LogP contribution is 2.23. The second-order valence-corrected chi connectivity index (χ2v) is 10.8. The normalized spacial score (nSPS) is 25.8. The molecule has 1 N–H and O–H groups in total. The van der Waals surface area contributed by atoms with Crippen molar-refractivity contribution >= 4 is 15.9 Å². The van der Waals surface area contributed by atoms with Gasteiger partial charge in [-0.05, 0) is 77.1 Å². The van der Waals surface area contributed by atoms with Gasteiger partial charge in [0.2, 0.25) is 10.0 Å². The largest absolute Gasteiger partial charge is 0.332 e. The summed E-state index contributed by atoms with van der Waals surface area (Å²) in [6.07, 6.45) is 3.32. The second kappa shape index (κ2) is 8.74.